The fourth-order valence-corrected chi connectivity index (χ4v) is 6.10. The lowest BCUT2D eigenvalue weighted by Gasteiger charge is -2.43. The molecule has 0 unspecified atom stereocenters. The molecule has 1 aromatic carbocycles. The van der Waals surface area contributed by atoms with Crippen LogP contribution in [-0.2, 0) is 22.8 Å². The van der Waals surface area contributed by atoms with Crippen molar-refractivity contribution >= 4 is 11.3 Å². The Balaban J connectivity index is 1.51. The van der Waals surface area contributed by atoms with Crippen LogP contribution in [0.3, 0.4) is 0 Å². The number of rotatable bonds is 4. The van der Waals surface area contributed by atoms with Gasteiger partial charge >= 0.3 is 4.87 Å². The molecule has 32 heavy (non-hydrogen) atoms. The maximum absolute atomic E-state index is 11.9. The highest BCUT2D eigenvalue weighted by molar-refractivity contribution is 7.07. The Morgan fingerprint density at radius 2 is 1.66 bits per heavy atom. The number of thiazole rings is 1. The first-order valence-electron chi connectivity index (χ1n) is 11.5. The topological polar surface area (TPSA) is 55.1 Å². The van der Waals surface area contributed by atoms with Gasteiger partial charge < -0.3 is 5.11 Å². The van der Waals surface area contributed by atoms with Crippen LogP contribution >= 0.6 is 11.3 Å². The minimum atomic E-state index is -0.152. The molecule has 1 saturated carbocycles. The molecule has 5 heteroatoms. The zero-order valence-electron chi connectivity index (χ0n) is 19.7. The van der Waals surface area contributed by atoms with Gasteiger partial charge in [0.25, 0.3) is 0 Å². The number of pyridine rings is 1. The summed E-state index contributed by atoms with van der Waals surface area (Å²) in [7, 11) is 0. The number of fused-ring (bicyclic) bond motifs is 1. The van der Waals surface area contributed by atoms with Gasteiger partial charge in [0.2, 0.25) is 5.88 Å². The summed E-state index contributed by atoms with van der Waals surface area (Å²) in [4.78, 5) is 16.6. The smallest absolute Gasteiger partial charge is 0.310 e. The Labute approximate surface area is 194 Å². The van der Waals surface area contributed by atoms with E-state index in [1.807, 2.05) is 12.3 Å². The summed E-state index contributed by atoms with van der Waals surface area (Å²) in [5, 5.41) is 11.4. The summed E-state index contributed by atoms with van der Waals surface area (Å²) in [6.45, 7) is 12.1. The van der Waals surface area contributed by atoms with Crippen molar-refractivity contribution in [3.8, 4) is 5.88 Å². The molecule has 0 radical (unpaired) electrons. The summed E-state index contributed by atoms with van der Waals surface area (Å²) in [5.74, 6) is 0.0120. The van der Waals surface area contributed by atoms with Gasteiger partial charge in [-0.3, -0.25) is 14.3 Å². The minimum absolute atomic E-state index is 0.00330. The second-order valence-electron chi connectivity index (χ2n) is 11.1. The zero-order chi connectivity index (χ0) is 22.9. The van der Waals surface area contributed by atoms with Crippen molar-refractivity contribution < 1.29 is 5.11 Å². The van der Waals surface area contributed by atoms with Crippen molar-refractivity contribution in [1.82, 2.24) is 9.55 Å². The minimum Gasteiger partial charge on any atom is -0.494 e. The van der Waals surface area contributed by atoms with Crippen LogP contribution in [0.25, 0.3) is 0 Å². The Bertz CT molecular complexity index is 1240. The monoisotopic (exact) mass is 448 g/mol. The Morgan fingerprint density at radius 1 is 1.00 bits per heavy atom. The van der Waals surface area contributed by atoms with E-state index in [1.54, 1.807) is 0 Å². The normalized spacial score (nSPS) is 20.0. The van der Waals surface area contributed by atoms with Gasteiger partial charge in [0.15, 0.2) is 0 Å². The lowest BCUT2D eigenvalue weighted by atomic mass is 9.62. The molecule has 2 aliphatic carbocycles. The van der Waals surface area contributed by atoms with Crippen molar-refractivity contribution in [3.05, 3.63) is 79.0 Å². The van der Waals surface area contributed by atoms with E-state index in [0.717, 1.165) is 35.4 Å². The number of hydrogen-bond donors (Lipinski definition) is 1. The van der Waals surface area contributed by atoms with Gasteiger partial charge in [-0.1, -0.05) is 57.2 Å². The predicted octanol–water partition coefficient (Wildman–Crippen LogP) is 5.80. The summed E-state index contributed by atoms with van der Waals surface area (Å²) < 4.78 is 1.38. The van der Waals surface area contributed by atoms with Crippen molar-refractivity contribution in [1.29, 1.82) is 0 Å². The van der Waals surface area contributed by atoms with Crippen LogP contribution in [0.4, 0.5) is 0 Å². The fraction of sp³-hybridized carbons (Fsp3) is 0.481. The van der Waals surface area contributed by atoms with Crippen molar-refractivity contribution in [3.63, 3.8) is 0 Å². The molecular weight excluding hydrogens is 416 g/mol. The Kier molecular flexibility index (Phi) is 4.72. The van der Waals surface area contributed by atoms with E-state index in [4.69, 9.17) is 4.98 Å². The molecule has 2 aromatic heterocycles. The van der Waals surface area contributed by atoms with E-state index < -0.39 is 0 Å². The van der Waals surface area contributed by atoms with Gasteiger partial charge in [-0.05, 0) is 77.3 Å². The Morgan fingerprint density at radius 3 is 2.19 bits per heavy atom. The molecule has 4 nitrogen and oxygen atoms in total. The molecule has 5 rings (SSSR count). The number of nitrogens with zero attached hydrogens (tertiary/aromatic N) is 2. The van der Waals surface area contributed by atoms with Crippen LogP contribution in [0.15, 0.2) is 40.6 Å². The van der Waals surface area contributed by atoms with Gasteiger partial charge in [0.05, 0.1) is 17.6 Å². The number of aryl methyl sites for hydroxylation is 1. The third-order valence-electron chi connectivity index (χ3n) is 7.88. The molecular formula is C27H32N2O2S. The molecule has 0 bridgehead atoms. The van der Waals surface area contributed by atoms with Crippen LogP contribution in [-0.4, -0.2) is 14.7 Å². The van der Waals surface area contributed by atoms with E-state index in [0.29, 0.717) is 6.54 Å². The van der Waals surface area contributed by atoms with Gasteiger partial charge in [-0.2, -0.15) is 0 Å². The number of benzene rings is 1. The summed E-state index contributed by atoms with van der Waals surface area (Å²) in [6, 6.07) is 9.11. The van der Waals surface area contributed by atoms with Crippen LogP contribution in [0, 0.1) is 6.92 Å². The van der Waals surface area contributed by atoms with Crippen LogP contribution in [0.2, 0.25) is 0 Å². The standard InChI is InChI=1S/C27H32N2O2S/c1-17-12-20-21(26(4,5)9-8-25(20,2)3)13-19(17)27(10-11-27)22-7-6-18(14-28-22)15-29-23(30)16-32-24(29)31/h6-7,12-14,16,30H,8-11,15H2,1-5H3. The average molecular weight is 449 g/mol. The molecule has 168 valence electrons. The zero-order valence-corrected chi connectivity index (χ0v) is 20.5. The number of aromatic hydroxyl groups is 1. The first-order chi connectivity index (χ1) is 15.0. The van der Waals surface area contributed by atoms with Gasteiger partial charge in [-0.25, -0.2) is 0 Å². The van der Waals surface area contributed by atoms with Crippen LogP contribution in [0.1, 0.15) is 86.9 Å². The van der Waals surface area contributed by atoms with Crippen molar-refractivity contribution in [2.75, 3.05) is 0 Å². The summed E-state index contributed by atoms with van der Waals surface area (Å²) in [6.07, 6.45) is 6.54. The molecule has 0 amide bonds. The van der Waals surface area contributed by atoms with E-state index >= 15 is 0 Å². The number of aromatic nitrogens is 2. The van der Waals surface area contributed by atoms with E-state index in [-0.39, 0.29) is 27.0 Å². The van der Waals surface area contributed by atoms with Crippen LogP contribution in [0.5, 0.6) is 5.88 Å². The predicted molar refractivity (Wildman–Crippen MR) is 130 cm³/mol. The van der Waals surface area contributed by atoms with Crippen LogP contribution < -0.4 is 4.87 Å². The first-order valence-corrected chi connectivity index (χ1v) is 12.4. The third-order valence-corrected chi connectivity index (χ3v) is 8.63. The lowest BCUT2D eigenvalue weighted by molar-refractivity contribution is 0.331. The average Bonchev–Trinajstić information content (AvgIpc) is 3.49. The highest BCUT2D eigenvalue weighted by Gasteiger charge is 2.49. The molecule has 0 atom stereocenters. The van der Waals surface area contributed by atoms with Gasteiger partial charge in [0, 0.05) is 11.6 Å². The van der Waals surface area contributed by atoms with E-state index in [9.17, 15) is 9.90 Å². The largest absolute Gasteiger partial charge is 0.494 e. The van der Waals surface area contributed by atoms with E-state index in [2.05, 4.69) is 52.8 Å². The molecule has 0 aliphatic heterocycles. The maximum Gasteiger partial charge on any atom is 0.310 e. The van der Waals surface area contributed by atoms with E-state index in [1.165, 1.54) is 45.0 Å². The molecule has 1 fully saturated rings. The molecule has 0 spiro atoms. The SMILES string of the molecule is Cc1cc2c(cc1C1(c3ccc(Cn4c(O)csc4=O)cn3)CC1)C(C)(C)CCC2(C)C. The van der Waals surface area contributed by atoms with Gasteiger partial charge in [-0.15, -0.1) is 0 Å². The maximum atomic E-state index is 11.9. The van der Waals surface area contributed by atoms with Gasteiger partial charge in [0.1, 0.15) is 0 Å². The second kappa shape index (κ2) is 7.05. The molecule has 0 saturated heterocycles. The van der Waals surface area contributed by atoms with Crippen molar-refractivity contribution in [2.45, 2.75) is 83.1 Å². The summed E-state index contributed by atoms with van der Waals surface area (Å²) >= 11 is 1.01. The molecule has 1 N–H and O–H groups in total. The quantitative estimate of drug-likeness (QED) is 0.549. The molecule has 2 aliphatic rings. The van der Waals surface area contributed by atoms with Crippen molar-refractivity contribution in [2.24, 2.45) is 0 Å². The Hall–Kier alpha value is -2.40. The second-order valence-corrected chi connectivity index (χ2v) is 11.9. The molecule has 2 heterocycles. The first kappa shape index (κ1) is 21.4. The highest BCUT2D eigenvalue weighted by atomic mass is 32.1. The number of hydrogen-bond acceptors (Lipinski definition) is 4. The highest BCUT2D eigenvalue weighted by Crippen LogP contribution is 2.56. The lowest BCUT2D eigenvalue weighted by Crippen LogP contribution is -2.34. The summed E-state index contributed by atoms with van der Waals surface area (Å²) in [5.41, 5.74) is 8.24. The molecule has 3 aromatic rings. The fourth-order valence-electron chi connectivity index (χ4n) is 5.48. The third kappa shape index (κ3) is 3.33.